The van der Waals surface area contributed by atoms with Gasteiger partial charge in [0.25, 0.3) is 0 Å². The third-order valence-electron chi connectivity index (χ3n) is 5.82. The van der Waals surface area contributed by atoms with Crippen molar-refractivity contribution < 1.29 is 31.9 Å². The number of benzene rings is 3. The highest BCUT2D eigenvalue weighted by atomic mass is 35.5. The van der Waals surface area contributed by atoms with Gasteiger partial charge in [0.05, 0.1) is 16.7 Å². The van der Waals surface area contributed by atoms with E-state index in [1.165, 1.54) is 12.1 Å². The number of nitrogens with one attached hydrogen (secondary N) is 2. The quantitative estimate of drug-likeness (QED) is 0.411. The largest absolute Gasteiger partial charge is 0.391 e. The Morgan fingerprint density at radius 2 is 1.73 bits per heavy atom. The Morgan fingerprint density at radius 1 is 1.03 bits per heavy atom. The topological polar surface area (TPSA) is 116 Å². The lowest BCUT2D eigenvalue weighted by atomic mass is 10.0. The minimum absolute atomic E-state index is 0.0248. The van der Waals surface area contributed by atoms with Gasteiger partial charge in [0, 0.05) is 35.5 Å². The van der Waals surface area contributed by atoms with Gasteiger partial charge in [-0.05, 0) is 60.2 Å². The number of carbonyl (C=O) groups excluding carboxylic acids is 2. The molecule has 0 radical (unpaired) electrons. The van der Waals surface area contributed by atoms with Gasteiger partial charge in [-0.2, -0.15) is 0 Å². The second-order valence-corrected chi connectivity index (χ2v) is 11.0. The zero-order valence-corrected chi connectivity index (χ0v) is 21.0. The second-order valence-electron chi connectivity index (χ2n) is 8.59. The first-order chi connectivity index (χ1) is 17.4. The van der Waals surface area contributed by atoms with E-state index < -0.39 is 45.6 Å². The van der Waals surface area contributed by atoms with Crippen LogP contribution in [-0.4, -0.2) is 55.3 Å². The highest BCUT2D eigenvalue weighted by Crippen LogP contribution is 2.31. The fourth-order valence-corrected chi connectivity index (χ4v) is 5.08. The second kappa shape index (κ2) is 10.4. The van der Waals surface area contributed by atoms with Crippen molar-refractivity contribution in [2.24, 2.45) is 0 Å². The number of urea groups is 1. The fraction of sp³-hybridized carbons (Fsp3) is 0.200. The average molecular weight is 550 g/mol. The summed E-state index contributed by atoms with van der Waals surface area (Å²) in [5, 5.41) is 15.6. The Kier molecular flexibility index (Phi) is 7.49. The van der Waals surface area contributed by atoms with Gasteiger partial charge in [0.1, 0.15) is 17.7 Å². The lowest BCUT2D eigenvalue weighted by Gasteiger charge is -2.24. The first kappa shape index (κ1) is 26.5. The first-order valence-corrected chi connectivity index (χ1v) is 13.3. The van der Waals surface area contributed by atoms with Gasteiger partial charge in [-0.25, -0.2) is 22.0 Å². The summed E-state index contributed by atoms with van der Waals surface area (Å²) in [6.07, 6.45) is -0.0542. The Labute approximate surface area is 216 Å². The molecule has 1 heterocycles. The van der Waals surface area contributed by atoms with Crippen LogP contribution in [0.15, 0.2) is 65.6 Å². The number of halogens is 3. The predicted octanol–water partition coefficient (Wildman–Crippen LogP) is 4.29. The molecule has 1 fully saturated rings. The summed E-state index contributed by atoms with van der Waals surface area (Å²) < 4.78 is 53.0. The number of aliphatic hydroxyl groups excluding tert-OH is 1. The zero-order chi connectivity index (χ0) is 26.9. The van der Waals surface area contributed by atoms with E-state index in [9.17, 15) is 31.9 Å². The summed E-state index contributed by atoms with van der Waals surface area (Å²) >= 11 is 5.84. The smallest absolute Gasteiger partial charge is 0.322 e. The third kappa shape index (κ3) is 6.07. The summed E-state index contributed by atoms with van der Waals surface area (Å²) in [4.78, 5) is 26.7. The highest BCUT2D eigenvalue weighted by Gasteiger charge is 2.39. The molecule has 8 nitrogen and oxygen atoms in total. The number of carbonyl (C=O) groups is 2. The molecule has 0 saturated carbocycles. The van der Waals surface area contributed by atoms with Crippen molar-refractivity contribution in [1.82, 2.24) is 4.90 Å². The molecule has 0 spiro atoms. The Morgan fingerprint density at radius 3 is 2.38 bits per heavy atom. The number of β-amino-alcohol motifs (C(OH)–C–C–N with tert-alkyl or cyclic N) is 1. The third-order valence-corrected chi connectivity index (χ3v) is 7.22. The SMILES string of the molecule is CS(=O)(=O)c1ccc(F)cc1-c1ccc(NC(=O)C2CC(O)CN2C(=O)Nc2ccc(Cl)cc2)c(F)c1. The maximum Gasteiger partial charge on any atom is 0.322 e. The Bertz CT molecular complexity index is 1470. The van der Waals surface area contributed by atoms with Gasteiger partial charge < -0.3 is 20.6 Å². The lowest BCUT2D eigenvalue weighted by Crippen LogP contribution is -2.45. The van der Waals surface area contributed by atoms with Crippen molar-refractivity contribution in [3.05, 3.63) is 77.3 Å². The van der Waals surface area contributed by atoms with Gasteiger partial charge in [0.15, 0.2) is 9.84 Å². The van der Waals surface area contributed by atoms with Crippen molar-refractivity contribution >= 4 is 44.8 Å². The van der Waals surface area contributed by atoms with E-state index in [2.05, 4.69) is 10.6 Å². The highest BCUT2D eigenvalue weighted by molar-refractivity contribution is 7.90. The molecule has 0 aliphatic carbocycles. The summed E-state index contributed by atoms with van der Waals surface area (Å²) in [7, 11) is -3.73. The summed E-state index contributed by atoms with van der Waals surface area (Å²) in [6, 6.07) is 11.2. The van der Waals surface area contributed by atoms with Crippen LogP contribution >= 0.6 is 11.6 Å². The Hall–Kier alpha value is -3.54. The molecular weight excluding hydrogens is 528 g/mol. The molecule has 37 heavy (non-hydrogen) atoms. The van der Waals surface area contributed by atoms with Crippen LogP contribution in [0.1, 0.15) is 6.42 Å². The molecule has 3 amide bonds. The number of rotatable bonds is 5. The van der Waals surface area contributed by atoms with Crippen LogP contribution in [0.4, 0.5) is 25.0 Å². The number of hydrogen-bond donors (Lipinski definition) is 3. The molecule has 1 aliphatic rings. The van der Waals surface area contributed by atoms with E-state index >= 15 is 0 Å². The van der Waals surface area contributed by atoms with Crippen molar-refractivity contribution in [3.63, 3.8) is 0 Å². The molecule has 2 atom stereocenters. The standard InChI is InChI=1S/C25H22ClF2N3O5S/c1-37(35,36)23-9-5-16(27)11-19(23)14-2-8-21(20(28)10-14)30-24(33)22-12-18(32)13-31(22)25(34)29-17-6-3-15(26)4-7-17/h2-11,18,22,32H,12-13H2,1H3,(H,29,34)(H,30,33). The molecule has 3 aromatic carbocycles. The molecule has 2 unspecified atom stereocenters. The first-order valence-electron chi connectivity index (χ1n) is 11.0. The van der Waals surface area contributed by atoms with Crippen LogP contribution < -0.4 is 10.6 Å². The molecule has 1 saturated heterocycles. The number of amides is 3. The number of aliphatic hydroxyl groups is 1. The zero-order valence-electron chi connectivity index (χ0n) is 19.4. The fourth-order valence-electron chi connectivity index (χ4n) is 4.07. The normalized spacial score (nSPS) is 17.5. The van der Waals surface area contributed by atoms with Gasteiger partial charge in [0.2, 0.25) is 5.91 Å². The summed E-state index contributed by atoms with van der Waals surface area (Å²) in [5.41, 5.74) is 0.270. The molecule has 194 valence electrons. The Balaban J connectivity index is 1.53. The lowest BCUT2D eigenvalue weighted by molar-refractivity contribution is -0.119. The molecule has 3 aromatic rings. The monoisotopic (exact) mass is 549 g/mol. The van der Waals surface area contributed by atoms with Crippen LogP contribution in [0.5, 0.6) is 0 Å². The molecule has 0 aromatic heterocycles. The van der Waals surface area contributed by atoms with E-state index in [1.54, 1.807) is 24.3 Å². The van der Waals surface area contributed by atoms with Gasteiger partial charge in [-0.15, -0.1) is 0 Å². The van der Waals surface area contributed by atoms with Crippen molar-refractivity contribution in [2.45, 2.75) is 23.5 Å². The molecule has 12 heteroatoms. The van der Waals surface area contributed by atoms with Gasteiger partial charge in [-0.3, -0.25) is 4.79 Å². The number of sulfone groups is 1. The van der Waals surface area contributed by atoms with Gasteiger partial charge >= 0.3 is 6.03 Å². The van der Waals surface area contributed by atoms with E-state index in [4.69, 9.17) is 11.6 Å². The minimum atomic E-state index is -3.73. The summed E-state index contributed by atoms with van der Waals surface area (Å²) in [5.74, 6) is -2.32. The van der Waals surface area contributed by atoms with Crippen LogP contribution in [0, 0.1) is 11.6 Å². The number of nitrogens with zero attached hydrogens (tertiary/aromatic N) is 1. The summed E-state index contributed by atoms with van der Waals surface area (Å²) in [6.45, 7) is -0.104. The maximum atomic E-state index is 15.0. The minimum Gasteiger partial charge on any atom is -0.391 e. The number of hydrogen-bond acceptors (Lipinski definition) is 5. The van der Waals surface area contributed by atoms with Crippen molar-refractivity contribution in [2.75, 3.05) is 23.4 Å². The molecule has 0 bridgehead atoms. The van der Waals surface area contributed by atoms with E-state index in [0.717, 1.165) is 35.4 Å². The predicted molar refractivity (Wildman–Crippen MR) is 135 cm³/mol. The van der Waals surface area contributed by atoms with Gasteiger partial charge in [-0.1, -0.05) is 17.7 Å². The van der Waals surface area contributed by atoms with E-state index in [0.29, 0.717) is 10.7 Å². The van der Waals surface area contributed by atoms with Crippen LogP contribution in [0.3, 0.4) is 0 Å². The molecule has 3 N–H and O–H groups in total. The van der Waals surface area contributed by atoms with Crippen molar-refractivity contribution in [3.8, 4) is 11.1 Å². The number of likely N-dealkylation sites (tertiary alicyclic amines) is 1. The van der Waals surface area contributed by atoms with Crippen LogP contribution in [-0.2, 0) is 14.6 Å². The molecule has 4 rings (SSSR count). The van der Waals surface area contributed by atoms with Crippen LogP contribution in [0.2, 0.25) is 5.02 Å². The van der Waals surface area contributed by atoms with E-state index in [1.807, 2.05) is 0 Å². The maximum absolute atomic E-state index is 15.0. The average Bonchev–Trinajstić information content (AvgIpc) is 3.23. The molecular formula is C25H22ClF2N3O5S. The van der Waals surface area contributed by atoms with Crippen LogP contribution in [0.25, 0.3) is 11.1 Å². The molecule has 1 aliphatic heterocycles. The van der Waals surface area contributed by atoms with Crippen molar-refractivity contribution in [1.29, 1.82) is 0 Å². The number of anilines is 2. The van der Waals surface area contributed by atoms with E-state index in [-0.39, 0.29) is 34.7 Å².